The van der Waals surface area contributed by atoms with Gasteiger partial charge in [-0.1, -0.05) is 0 Å². The topological polar surface area (TPSA) is 42.4 Å². The van der Waals surface area contributed by atoms with Crippen molar-refractivity contribution in [3.63, 3.8) is 0 Å². The quantitative estimate of drug-likeness (QED) is 0.663. The molecule has 0 aromatic carbocycles. The number of pyridine rings is 1. The standard InChI is InChI=1S/C8H11NO2/c1-5-6(2)9-4-7(10)8(5)11-3/h4,10H,1-3H3. The Kier molecular flexibility index (Phi) is 1.98. The largest absolute Gasteiger partial charge is 0.503 e. The van der Waals surface area contributed by atoms with Gasteiger partial charge in [0.05, 0.1) is 13.3 Å². The van der Waals surface area contributed by atoms with Crippen LogP contribution in [0.1, 0.15) is 11.3 Å². The van der Waals surface area contributed by atoms with Crippen LogP contribution in [-0.4, -0.2) is 17.2 Å². The highest BCUT2D eigenvalue weighted by molar-refractivity contribution is 5.44. The normalized spacial score (nSPS) is 9.73. The molecule has 0 aliphatic rings. The van der Waals surface area contributed by atoms with Gasteiger partial charge in [0.2, 0.25) is 0 Å². The fraction of sp³-hybridized carbons (Fsp3) is 0.375. The molecule has 0 aliphatic carbocycles. The molecule has 1 heterocycles. The van der Waals surface area contributed by atoms with Crippen LogP contribution in [0.25, 0.3) is 0 Å². The number of aryl methyl sites for hydroxylation is 1. The van der Waals surface area contributed by atoms with E-state index in [2.05, 4.69) is 4.98 Å². The van der Waals surface area contributed by atoms with E-state index in [1.807, 2.05) is 13.8 Å². The van der Waals surface area contributed by atoms with E-state index in [1.54, 1.807) is 0 Å². The van der Waals surface area contributed by atoms with Crippen molar-refractivity contribution in [2.24, 2.45) is 0 Å². The van der Waals surface area contributed by atoms with Crippen LogP contribution in [0.3, 0.4) is 0 Å². The molecule has 0 saturated carbocycles. The van der Waals surface area contributed by atoms with Crippen molar-refractivity contribution >= 4 is 0 Å². The van der Waals surface area contributed by atoms with Gasteiger partial charge in [0.1, 0.15) is 0 Å². The predicted octanol–water partition coefficient (Wildman–Crippen LogP) is 1.41. The van der Waals surface area contributed by atoms with Crippen molar-refractivity contribution < 1.29 is 9.84 Å². The summed E-state index contributed by atoms with van der Waals surface area (Å²) in [5, 5.41) is 9.23. The first-order chi connectivity index (χ1) is 5.16. The third-order valence-corrected chi connectivity index (χ3v) is 1.70. The molecule has 0 saturated heterocycles. The molecule has 0 radical (unpaired) electrons. The Morgan fingerprint density at radius 3 is 2.55 bits per heavy atom. The maximum absolute atomic E-state index is 9.23. The second kappa shape index (κ2) is 2.78. The number of methoxy groups -OCH3 is 1. The number of aromatic hydroxyl groups is 1. The SMILES string of the molecule is COc1c(O)cnc(C)c1C. The molecule has 0 spiro atoms. The highest BCUT2D eigenvalue weighted by Gasteiger charge is 2.06. The Balaban J connectivity index is 3.29. The fourth-order valence-electron chi connectivity index (χ4n) is 0.927. The van der Waals surface area contributed by atoms with Gasteiger partial charge in [-0.05, 0) is 13.8 Å². The molecule has 0 aliphatic heterocycles. The molecule has 1 rings (SSSR count). The van der Waals surface area contributed by atoms with Gasteiger partial charge in [0.15, 0.2) is 11.5 Å². The minimum atomic E-state index is 0.0931. The Morgan fingerprint density at radius 1 is 1.45 bits per heavy atom. The summed E-state index contributed by atoms with van der Waals surface area (Å²) in [7, 11) is 1.53. The maximum atomic E-state index is 9.23. The maximum Gasteiger partial charge on any atom is 0.176 e. The first-order valence-corrected chi connectivity index (χ1v) is 3.36. The number of hydrogen-bond acceptors (Lipinski definition) is 3. The van der Waals surface area contributed by atoms with E-state index >= 15 is 0 Å². The van der Waals surface area contributed by atoms with Crippen molar-refractivity contribution in [1.82, 2.24) is 4.98 Å². The van der Waals surface area contributed by atoms with Gasteiger partial charge in [0, 0.05) is 11.3 Å². The lowest BCUT2D eigenvalue weighted by Gasteiger charge is -2.07. The minimum Gasteiger partial charge on any atom is -0.503 e. The van der Waals surface area contributed by atoms with Crippen LogP contribution in [0, 0.1) is 13.8 Å². The zero-order valence-electron chi connectivity index (χ0n) is 6.88. The van der Waals surface area contributed by atoms with E-state index in [0.717, 1.165) is 11.3 Å². The van der Waals surface area contributed by atoms with E-state index in [-0.39, 0.29) is 5.75 Å². The lowest BCUT2D eigenvalue weighted by Crippen LogP contribution is -1.92. The number of aromatic nitrogens is 1. The van der Waals surface area contributed by atoms with Crippen LogP contribution in [0.4, 0.5) is 0 Å². The fourth-order valence-corrected chi connectivity index (χ4v) is 0.927. The second-order valence-corrected chi connectivity index (χ2v) is 2.39. The summed E-state index contributed by atoms with van der Waals surface area (Å²) < 4.78 is 4.97. The van der Waals surface area contributed by atoms with Crippen molar-refractivity contribution in [3.8, 4) is 11.5 Å². The third kappa shape index (κ3) is 1.27. The molecule has 3 heteroatoms. The van der Waals surface area contributed by atoms with E-state index in [4.69, 9.17) is 4.74 Å². The molecule has 0 fully saturated rings. The van der Waals surface area contributed by atoms with Crippen LogP contribution in [0.2, 0.25) is 0 Å². The molecular weight excluding hydrogens is 142 g/mol. The van der Waals surface area contributed by atoms with Crippen LogP contribution >= 0.6 is 0 Å². The number of ether oxygens (including phenoxy) is 1. The molecule has 0 atom stereocenters. The van der Waals surface area contributed by atoms with Gasteiger partial charge in [-0.25, -0.2) is 0 Å². The van der Waals surface area contributed by atoms with E-state index < -0.39 is 0 Å². The predicted molar refractivity (Wildman–Crippen MR) is 41.9 cm³/mol. The van der Waals surface area contributed by atoms with Crippen LogP contribution in [0.15, 0.2) is 6.20 Å². The van der Waals surface area contributed by atoms with Crippen molar-refractivity contribution in [2.45, 2.75) is 13.8 Å². The van der Waals surface area contributed by atoms with Gasteiger partial charge in [-0.15, -0.1) is 0 Å². The van der Waals surface area contributed by atoms with E-state index in [9.17, 15) is 5.11 Å². The molecular formula is C8H11NO2. The van der Waals surface area contributed by atoms with Crippen LogP contribution in [-0.2, 0) is 0 Å². The lowest BCUT2D eigenvalue weighted by atomic mass is 10.2. The zero-order valence-corrected chi connectivity index (χ0v) is 6.88. The number of hydrogen-bond donors (Lipinski definition) is 1. The molecule has 60 valence electrons. The first kappa shape index (κ1) is 7.85. The van der Waals surface area contributed by atoms with Crippen LogP contribution < -0.4 is 4.74 Å². The Labute approximate surface area is 65.7 Å². The Morgan fingerprint density at radius 2 is 2.09 bits per heavy atom. The molecule has 0 unspecified atom stereocenters. The summed E-state index contributed by atoms with van der Waals surface area (Å²) in [5.41, 5.74) is 1.76. The molecule has 1 aromatic heterocycles. The Hall–Kier alpha value is -1.25. The van der Waals surface area contributed by atoms with Gasteiger partial charge in [-0.2, -0.15) is 0 Å². The Bertz CT molecular complexity index is 271. The van der Waals surface area contributed by atoms with Crippen molar-refractivity contribution in [3.05, 3.63) is 17.5 Å². The van der Waals surface area contributed by atoms with E-state index in [0.29, 0.717) is 5.75 Å². The smallest absolute Gasteiger partial charge is 0.176 e. The molecule has 11 heavy (non-hydrogen) atoms. The van der Waals surface area contributed by atoms with Crippen LogP contribution in [0.5, 0.6) is 11.5 Å². The summed E-state index contributed by atoms with van der Waals surface area (Å²) in [5.74, 6) is 0.605. The summed E-state index contributed by atoms with van der Waals surface area (Å²) in [6, 6.07) is 0. The lowest BCUT2D eigenvalue weighted by molar-refractivity contribution is 0.368. The molecule has 0 bridgehead atoms. The highest BCUT2D eigenvalue weighted by Crippen LogP contribution is 2.29. The minimum absolute atomic E-state index is 0.0931. The zero-order chi connectivity index (χ0) is 8.43. The van der Waals surface area contributed by atoms with Gasteiger partial charge in [0.25, 0.3) is 0 Å². The van der Waals surface area contributed by atoms with Crippen molar-refractivity contribution in [2.75, 3.05) is 7.11 Å². The second-order valence-electron chi connectivity index (χ2n) is 2.39. The summed E-state index contributed by atoms with van der Waals surface area (Å²) in [6.07, 6.45) is 1.39. The number of rotatable bonds is 1. The highest BCUT2D eigenvalue weighted by atomic mass is 16.5. The molecule has 3 nitrogen and oxygen atoms in total. The van der Waals surface area contributed by atoms with Crippen molar-refractivity contribution in [1.29, 1.82) is 0 Å². The monoisotopic (exact) mass is 153 g/mol. The third-order valence-electron chi connectivity index (χ3n) is 1.70. The van der Waals surface area contributed by atoms with E-state index in [1.165, 1.54) is 13.3 Å². The molecule has 1 aromatic rings. The first-order valence-electron chi connectivity index (χ1n) is 3.36. The van der Waals surface area contributed by atoms with Gasteiger partial charge >= 0.3 is 0 Å². The molecule has 0 amide bonds. The molecule has 1 N–H and O–H groups in total. The number of nitrogens with zero attached hydrogens (tertiary/aromatic N) is 1. The van der Waals surface area contributed by atoms with Gasteiger partial charge in [-0.3, -0.25) is 4.98 Å². The average Bonchev–Trinajstić information content (AvgIpc) is 1.99. The van der Waals surface area contributed by atoms with Gasteiger partial charge < -0.3 is 9.84 Å². The summed E-state index contributed by atoms with van der Waals surface area (Å²) >= 11 is 0. The average molecular weight is 153 g/mol. The summed E-state index contributed by atoms with van der Waals surface area (Å²) in [6.45, 7) is 3.73. The summed E-state index contributed by atoms with van der Waals surface area (Å²) in [4.78, 5) is 3.96.